The minimum atomic E-state index is -0.218. The molecule has 0 atom stereocenters. The van der Waals surface area contributed by atoms with Crippen molar-refractivity contribution in [2.24, 2.45) is 0 Å². The molecule has 0 heterocycles. The molecule has 1 aromatic carbocycles. The summed E-state index contributed by atoms with van der Waals surface area (Å²) < 4.78 is 21.7. The van der Waals surface area contributed by atoms with Crippen LogP contribution in [0.2, 0.25) is 0 Å². The molecule has 0 amide bonds. The second-order valence-electron chi connectivity index (χ2n) is 6.74. The van der Waals surface area contributed by atoms with Crippen molar-refractivity contribution >= 4 is 11.6 Å². The van der Waals surface area contributed by atoms with Crippen molar-refractivity contribution in [3.63, 3.8) is 0 Å². The highest BCUT2D eigenvalue weighted by Crippen LogP contribution is 2.37. The first-order valence-corrected chi connectivity index (χ1v) is 9.93. The van der Waals surface area contributed by atoms with Gasteiger partial charge in [-0.15, -0.1) is 0 Å². The number of fused-ring (bicyclic) bond motifs is 2. The van der Waals surface area contributed by atoms with Crippen molar-refractivity contribution in [2.75, 3.05) is 52.9 Å². The van der Waals surface area contributed by atoms with Crippen LogP contribution in [0.5, 0.6) is 0 Å². The summed E-state index contributed by atoms with van der Waals surface area (Å²) in [5.74, 6) is -0.00330. The number of ketones is 2. The molecule has 30 heavy (non-hydrogen) atoms. The molecule has 0 saturated carbocycles. The summed E-state index contributed by atoms with van der Waals surface area (Å²) in [4.78, 5) is 25.8. The third-order valence-corrected chi connectivity index (χ3v) is 4.71. The molecule has 1 N–H and O–H groups in total. The van der Waals surface area contributed by atoms with E-state index in [9.17, 15) is 9.59 Å². The molecule has 0 saturated heterocycles. The summed E-state index contributed by atoms with van der Waals surface area (Å²) in [7, 11) is 0. The summed E-state index contributed by atoms with van der Waals surface area (Å²) in [6, 6.07) is 6.83. The van der Waals surface area contributed by atoms with E-state index in [1.807, 2.05) is 0 Å². The van der Waals surface area contributed by atoms with E-state index in [4.69, 9.17) is 24.1 Å². The van der Waals surface area contributed by atoms with E-state index >= 15 is 0 Å². The Hall–Kier alpha value is -2.58. The average Bonchev–Trinajstić information content (AvgIpc) is 2.76. The van der Waals surface area contributed by atoms with Gasteiger partial charge < -0.3 is 24.1 Å². The number of rotatable bonds is 12. The van der Waals surface area contributed by atoms with Gasteiger partial charge in [0.1, 0.15) is 12.4 Å². The summed E-state index contributed by atoms with van der Waals surface area (Å²) in [5, 5.41) is 8.59. The van der Waals surface area contributed by atoms with E-state index in [0.29, 0.717) is 79.7 Å². The zero-order valence-corrected chi connectivity index (χ0v) is 16.9. The van der Waals surface area contributed by atoms with E-state index in [2.05, 4.69) is 6.58 Å². The average molecular weight is 414 g/mol. The molecule has 7 heteroatoms. The summed E-state index contributed by atoms with van der Waals surface area (Å²) in [6.07, 6.45) is 2.21. The molecule has 0 fully saturated rings. The van der Waals surface area contributed by atoms with Gasteiger partial charge in [0.15, 0.2) is 11.6 Å². The molecule has 2 aliphatic carbocycles. The van der Waals surface area contributed by atoms with Gasteiger partial charge in [0.05, 0.1) is 51.8 Å². The first kappa shape index (κ1) is 22.1. The number of carbonyl (C=O) groups excluding carboxylic acids is 2. The van der Waals surface area contributed by atoms with Crippen LogP contribution in [0.15, 0.2) is 59.4 Å². The van der Waals surface area contributed by atoms with Gasteiger partial charge in [0.25, 0.3) is 0 Å². The highest BCUT2D eigenvalue weighted by atomic mass is 16.6. The van der Waals surface area contributed by atoms with Gasteiger partial charge in [0, 0.05) is 16.7 Å². The Morgan fingerprint density at radius 3 is 2.03 bits per heavy atom. The second kappa shape index (κ2) is 11.0. The monoisotopic (exact) mass is 414 g/mol. The van der Waals surface area contributed by atoms with Gasteiger partial charge in [-0.05, 0) is 12.0 Å². The van der Waals surface area contributed by atoms with Gasteiger partial charge in [0.2, 0.25) is 0 Å². The van der Waals surface area contributed by atoms with Crippen LogP contribution in [0.1, 0.15) is 27.1 Å². The van der Waals surface area contributed by atoms with E-state index in [-0.39, 0.29) is 24.8 Å². The molecule has 1 aromatic rings. The molecule has 0 aromatic heterocycles. The third kappa shape index (κ3) is 5.12. The molecular weight excluding hydrogens is 388 g/mol. The van der Waals surface area contributed by atoms with Gasteiger partial charge >= 0.3 is 0 Å². The normalized spacial score (nSPS) is 15.8. The maximum Gasteiger partial charge on any atom is 0.198 e. The predicted octanol–water partition coefficient (Wildman–Crippen LogP) is 2.26. The maximum atomic E-state index is 13.0. The maximum absolute atomic E-state index is 13.0. The Kier molecular flexibility index (Phi) is 8.10. The number of ether oxygens (including phenoxy) is 4. The minimum absolute atomic E-state index is 0.00274. The topological polar surface area (TPSA) is 91.3 Å². The first-order chi connectivity index (χ1) is 14.6. The van der Waals surface area contributed by atoms with Crippen molar-refractivity contribution in [3.05, 3.63) is 70.5 Å². The summed E-state index contributed by atoms with van der Waals surface area (Å²) >= 11 is 0. The van der Waals surface area contributed by atoms with Crippen LogP contribution in [-0.2, 0) is 18.9 Å². The number of hydrogen-bond acceptors (Lipinski definition) is 7. The molecule has 0 spiro atoms. The molecule has 3 rings (SSSR count). The number of carbonyl (C=O) groups is 2. The lowest BCUT2D eigenvalue weighted by Crippen LogP contribution is -2.27. The lowest BCUT2D eigenvalue weighted by Gasteiger charge is -2.26. The Bertz CT molecular complexity index is 866. The lowest BCUT2D eigenvalue weighted by atomic mass is 9.78. The van der Waals surface area contributed by atoms with Crippen LogP contribution in [0, 0.1) is 0 Å². The van der Waals surface area contributed by atoms with Crippen molar-refractivity contribution in [1.82, 2.24) is 0 Å². The Balaban J connectivity index is 1.51. The van der Waals surface area contributed by atoms with E-state index in [0.717, 1.165) is 0 Å². The summed E-state index contributed by atoms with van der Waals surface area (Å²) in [6.45, 7) is 6.50. The number of allylic oxidation sites excluding steroid dienone is 4. The minimum Gasteiger partial charge on any atom is -0.490 e. The van der Waals surface area contributed by atoms with E-state index in [1.54, 1.807) is 30.3 Å². The quantitative estimate of drug-likeness (QED) is 0.525. The lowest BCUT2D eigenvalue weighted by molar-refractivity contribution is 0.000153. The van der Waals surface area contributed by atoms with Crippen molar-refractivity contribution in [1.29, 1.82) is 0 Å². The number of benzene rings is 1. The fourth-order valence-corrected chi connectivity index (χ4v) is 3.29. The van der Waals surface area contributed by atoms with Crippen molar-refractivity contribution in [3.8, 4) is 0 Å². The SMILES string of the molecule is C=C1CC=C2C(=O)c3ccccc3C(=O)C2=C1OCCOCCOCCOCCO. The number of hydrogen-bond donors (Lipinski definition) is 1. The molecule has 0 radical (unpaired) electrons. The second-order valence-corrected chi connectivity index (χ2v) is 6.74. The van der Waals surface area contributed by atoms with E-state index in [1.165, 1.54) is 0 Å². The Labute approximate surface area is 175 Å². The largest absolute Gasteiger partial charge is 0.490 e. The predicted molar refractivity (Wildman–Crippen MR) is 109 cm³/mol. The van der Waals surface area contributed by atoms with Gasteiger partial charge in [-0.25, -0.2) is 0 Å². The van der Waals surface area contributed by atoms with Crippen LogP contribution in [0.25, 0.3) is 0 Å². The zero-order chi connectivity index (χ0) is 21.3. The van der Waals surface area contributed by atoms with Gasteiger partial charge in [-0.1, -0.05) is 36.9 Å². The number of aliphatic hydroxyl groups is 1. The Morgan fingerprint density at radius 2 is 1.40 bits per heavy atom. The fraction of sp³-hybridized carbons (Fsp3) is 0.391. The molecule has 7 nitrogen and oxygen atoms in total. The Morgan fingerprint density at radius 1 is 0.833 bits per heavy atom. The molecular formula is C23H26O7. The fourth-order valence-electron chi connectivity index (χ4n) is 3.29. The smallest absolute Gasteiger partial charge is 0.198 e. The van der Waals surface area contributed by atoms with E-state index < -0.39 is 0 Å². The molecule has 0 aliphatic heterocycles. The molecule has 2 aliphatic rings. The zero-order valence-electron chi connectivity index (χ0n) is 16.9. The third-order valence-electron chi connectivity index (χ3n) is 4.71. The molecule has 0 bridgehead atoms. The van der Waals surface area contributed by atoms with Gasteiger partial charge in [-0.3, -0.25) is 9.59 Å². The highest BCUT2D eigenvalue weighted by molar-refractivity contribution is 6.31. The van der Waals surface area contributed by atoms with Crippen LogP contribution in [0.3, 0.4) is 0 Å². The van der Waals surface area contributed by atoms with Crippen molar-refractivity contribution in [2.45, 2.75) is 6.42 Å². The highest BCUT2D eigenvalue weighted by Gasteiger charge is 2.37. The summed E-state index contributed by atoms with van der Waals surface area (Å²) in [5.41, 5.74) is 2.16. The van der Waals surface area contributed by atoms with Gasteiger partial charge in [-0.2, -0.15) is 0 Å². The van der Waals surface area contributed by atoms with Crippen LogP contribution in [0.4, 0.5) is 0 Å². The first-order valence-electron chi connectivity index (χ1n) is 9.93. The van der Waals surface area contributed by atoms with Crippen LogP contribution in [-0.4, -0.2) is 69.5 Å². The van der Waals surface area contributed by atoms with Crippen LogP contribution >= 0.6 is 0 Å². The van der Waals surface area contributed by atoms with Crippen LogP contribution < -0.4 is 0 Å². The number of aliphatic hydroxyl groups excluding tert-OH is 1. The number of Topliss-reactive ketones (excluding diaryl/α,β-unsaturated/α-hetero) is 2. The molecule has 0 unspecified atom stereocenters. The van der Waals surface area contributed by atoms with Crippen molar-refractivity contribution < 1.29 is 33.6 Å². The molecule has 160 valence electrons. The standard InChI is InChI=1S/C23H26O7/c1-16-6-7-19-20(22(26)18-5-3-2-4-17(18)21(19)25)23(16)30-15-14-29-13-12-28-11-10-27-9-8-24/h2-5,7,24H,1,6,8-15H2.